The molecule has 1 heterocycles. The van der Waals surface area contributed by atoms with Gasteiger partial charge in [0.15, 0.2) is 0 Å². The highest BCUT2D eigenvalue weighted by molar-refractivity contribution is 6.91. The van der Waals surface area contributed by atoms with Crippen LogP contribution in [-0.4, -0.2) is 8.07 Å². The van der Waals surface area contributed by atoms with Crippen molar-refractivity contribution < 1.29 is 4.42 Å². The maximum absolute atomic E-state index is 6.78. The van der Waals surface area contributed by atoms with Crippen molar-refractivity contribution in [2.45, 2.75) is 53.3 Å². The molecule has 0 amide bonds. The zero-order valence-corrected chi connectivity index (χ0v) is 21.1. The molecule has 4 heteroatoms. The molecule has 0 atom stereocenters. The molecule has 1 aliphatic carbocycles. The number of allylic oxidation sites excluding steroid dienone is 1. The Bertz CT molecular complexity index is 1140. The third-order valence-electron chi connectivity index (χ3n) is 6.07. The standard InChI is InChI=1S/C26H28Cl2OSi/c1-7-17-8-9-18-11-19(24-10-15(2)16(3)29-24)12-21(18)25(17)20-13-22(27)26(23(28)14-20)30(4,5)6/h8-10,12-14H,7,11H2,1-6H3. The van der Waals surface area contributed by atoms with Crippen molar-refractivity contribution in [1.82, 2.24) is 0 Å². The highest BCUT2D eigenvalue weighted by atomic mass is 35.5. The first-order chi connectivity index (χ1) is 14.1. The van der Waals surface area contributed by atoms with E-state index in [2.05, 4.69) is 69.9 Å². The van der Waals surface area contributed by atoms with Crippen molar-refractivity contribution in [3.8, 4) is 11.1 Å². The fourth-order valence-electron chi connectivity index (χ4n) is 4.42. The van der Waals surface area contributed by atoms with Crippen molar-refractivity contribution in [1.29, 1.82) is 0 Å². The van der Waals surface area contributed by atoms with Gasteiger partial charge >= 0.3 is 0 Å². The summed E-state index contributed by atoms with van der Waals surface area (Å²) < 4.78 is 6.02. The quantitative estimate of drug-likeness (QED) is 0.363. The van der Waals surface area contributed by atoms with Crippen LogP contribution < -0.4 is 5.19 Å². The third-order valence-corrected chi connectivity index (χ3v) is 9.02. The Labute approximate surface area is 190 Å². The fraction of sp³-hybridized carbons (Fsp3) is 0.308. The van der Waals surface area contributed by atoms with E-state index in [4.69, 9.17) is 27.6 Å². The lowest BCUT2D eigenvalue weighted by molar-refractivity contribution is 0.518. The van der Waals surface area contributed by atoms with Crippen LogP contribution in [0.3, 0.4) is 0 Å². The monoisotopic (exact) mass is 454 g/mol. The molecule has 4 rings (SSSR count). The van der Waals surface area contributed by atoms with E-state index in [1.807, 2.05) is 6.92 Å². The Morgan fingerprint density at radius 3 is 2.20 bits per heavy atom. The van der Waals surface area contributed by atoms with Gasteiger partial charge in [0.2, 0.25) is 0 Å². The Morgan fingerprint density at radius 2 is 1.67 bits per heavy atom. The summed E-state index contributed by atoms with van der Waals surface area (Å²) in [6, 6.07) is 10.9. The molecule has 0 aliphatic heterocycles. The minimum Gasteiger partial charge on any atom is -0.461 e. The highest BCUT2D eigenvalue weighted by Gasteiger charge is 2.26. The summed E-state index contributed by atoms with van der Waals surface area (Å²) in [7, 11) is -1.64. The largest absolute Gasteiger partial charge is 0.461 e. The first kappa shape index (κ1) is 21.5. The molecule has 30 heavy (non-hydrogen) atoms. The van der Waals surface area contributed by atoms with Gasteiger partial charge in [0, 0.05) is 16.5 Å². The molecule has 0 N–H and O–H groups in total. The van der Waals surface area contributed by atoms with Crippen LogP contribution in [0.5, 0.6) is 0 Å². The molecule has 1 aliphatic rings. The first-order valence-electron chi connectivity index (χ1n) is 10.5. The number of aryl methyl sites for hydroxylation is 3. The normalized spacial score (nSPS) is 13.5. The molecule has 0 radical (unpaired) electrons. The average molecular weight is 456 g/mol. The number of hydrogen-bond donors (Lipinski definition) is 0. The second-order valence-corrected chi connectivity index (χ2v) is 15.1. The molecule has 1 aromatic heterocycles. The summed E-state index contributed by atoms with van der Waals surface area (Å²) >= 11 is 13.6. The minimum atomic E-state index is -1.64. The van der Waals surface area contributed by atoms with E-state index < -0.39 is 8.07 Å². The summed E-state index contributed by atoms with van der Waals surface area (Å²) in [6.45, 7) is 13.1. The van der Waals surface area contributed by atoms with Crippen LogP contribution in [0.4, 0.5) is 0 Å². The molecule has 156 valence electrons. The minimum absolute atomic E-state index is 0.788. The van der Waals surface area contributed by atoms with Crippen molar-refractivity contribution >= 4 is 48.1 Å². The van der Waals surface area contributed by atoms with Crippen LogP contribution in [0.25, 0.3) is 22.8 Å². The fourth-order valence-corrected chi connectivity index (χ4v) is 8.18. The lowest BCUT2D eigenvalue weighted by Gasteiger charge is -2.22. The van der Waals surface area contributed by atoms with Crippen molar-refractivity contribution in [2.75, 3.05) is 0 Å². The molecule has 2 aromatic carbocycles. The molecule has 0 bridgehead atoms. The maximum atomic E-state index is 6.78. The molecular weight excluding hydrogens is 427 g/mol. The predicted octanol–water partition coefficient (Wildman–Crippen LogP) is 8.07. The zero-order valence-electron chi connectivity index (χ0n) is 18.5. The van der Waals surface area contributed by atoms with Gasteiger partial charge in [-0.1, -0.05) is 61.9 Å². The second-order valence-electron chi connectivity index (χ2n) is 9.29. The zero-order chi connectivity index (χ0) is 21.8. The topological polar surface area (TPSA) is 13.1 Å². The van der Waals surface area contributed by atoms with Gasteiger partial charge < -0.3 is 4.42 Å². The Morgan fingerprint density at radius 1 is 1.00 bits per heavy atom. The van der Waals surface area contributed by atoms with Crippen LogP contribution in [0, 0.1) is 13.8 Å². The number of halogens is 2. The van der Waals surface area contributed by atoms with E-state index in [1.54, 1.807) is 0 Å². The van der Waals surface area contributed by atoms with E-state index in [0.717, 1.165) is 45.2 Å². The van der Waals surface area contributed by atoms with Crippen LogP contribution >= 0.6 is 23.2 Å². The van der Waals surface area contributed by atoms with Crippen LogP contribution in [-0.2, 0) is 12.8 Å². The van der Waals surface area contributed by atoms with Crippen molar-refractivity contribution in [3.05, 3.63) is 74.2 Å². The molecule has 0 unspecified atom stereocenters. The number of rotatable bonds is 4. The molecule has 3 aromatic rings. The SMILES string of the molecule is CCc1ccc2c(c1-c1cc(Cl)c([Si](C)(C)C)c(Cl)c1)C=C(c1cc(C)c(C)o1)C2. The first-order valence-corrected chi connectivity index (χ1v) is 14.8. The van der Waals surface area contributed by atoms with Crippen LogP contribution in [0.15, 0.2) is 34.7 Å². The lowest BCUT2D eigenvalue weighted by atomic mass is 9.91. The summed E-state index contributed by atoms with van der Waals surface area (Å²) in [6.07, 6.45) is 4.12. The number of hydrogen-bond acceptors (Lipinski definition) is 1. The molecular formula is C26H28Cl2OSi. The van der Waals surface area contributed by atoms with Gasteiger partial charge in [0.1, 0.15) is 11.5 Å². The summed E-state index contributed by atoms with van der Waals surface area (Å²) in [5.74, 6) is 1.95. The highest BCUT2D eigenvalue weighted by Crippen LogP contribution is 2.41. The van der Waals surface area contributed by atoms with Gasteiger partial charge in [0.25, 0.3) is 0 Å². The van der Waals surface area contributed by atoms with Crippen LogP contribution in [0.1, 0.15) is 40.7 Å². The maximum Gasteiger partial charge on any atom is 0.130 e. The third kappa shape index (κ3) is 3.70. The average Bonchev–Trinajstić information content (AvgIpc) is 3.22. The van der Waals surface area contributed by atoms with Gasteiger partial charge in [-0.3, -0.25) is 0 Å². The lowest BCUT2D eigenvalue weighted by Crippen LogP contribution is -2.39. The number of fused-ring (bicyclic) bond motifs is 1. The predicted molar refractivity (Wildman–Crippen MR) is 134 cm³/mol. The summed E-state index contributed by atoms with van der Waals surface area (Å²) in [5, 5.41) is 2.71. The second kappa shape index (κ2) is 7.75. The van der Waals surface area contributed by atoms with E-state index >= 15 is 0 Å². The van der Waals surface area contributed by atoms with Gasteiger partial charge in [0.05, 0.1) is 8.07 Å². The van der Waals surface area contributed by atoms with Crippen LogP contribution in [0.2, 0.25) is 29.7 Å². The molecule has 0 saturated heterocycles. The van der Waals surface area contributed by atoms with Gasteiger partial charge in [-0.15, -0.1) is 0 Å². The Balaban J connectivity index is 1.90. The van der Waals surface area contributed by atoms with Crippen molar-refractivity contribution in [2.24, 2.45) is 0 Å². The molecule has 0 saturated carbocycles. The van der Waals surface area contributed by atoms with E-state index in [0.29, 0.717) is 0 Å². The number of benzene rings is 2. The Hall–Kier alpha value is -1.74. The van der Waals surface area contributed by atoms with Gasteiger partial charge in [-0.05, 0) is 88.7 Å². The summed E-state index contributed by atoms with van der Waals surface area (Å²) in [4.78, 5) is 0. The molecule has 0 fully saturated rings. The van der Waals surface area contributed by atoms with Gasteiger partial charge in [-0.25, -0.2) is 0 Å². The van der Waals surface area contributed by atoms with E-state index in [-0.39, 0.29) is 0 Å². The Kier molecular flexibility index (Phi) is 5.55. The molecule has 0 spiro atoms. The summed E-state index contributed by atoms with van der Waals surface area (Å²) in [5.41, 5.74) is 8.67. The van der Waals surface area contributed by atoms with E-state index in [9.17, 15) is 0 Å². The molecule has 1 nitrogen and oxygen atoms in total. The van der Waals surface area contributed by atoms with Gasteiger partial charge in [-0.2, -0.15) is 0 Å². The number of furan rings is 1. The van der Waals surface area contributed by atoms with Crippen molar-refractivity contribution in [3.63, 3.8) is 0 Å². The smallest absolute Gasteiger partial charge is 0.130 e. The van der Waals surface area contributed by atoms with E-state index in [1.165, 1.54) is 33.4 Å².